The molecule has 4 nitrogen and oxygen atoms in total. The number of hydrogen-bond acceptors (Lipinski definition) is 3. The molecule has 0 spiro atoms. The third-order valence-electron chi connectivity index (χ3n) is 3.39. The molecule has 5 heteroatoms. The summed E-state index contributed by atoms with van der Waals surface area (Å²) >= 11 is 5.59. The van der Waals surface area contributed by atoms with Crippen molar-refractivity contribution in [1.29, 1.82) is 0 Å². The highest BCUT2D eigenvalue weighted by Gasteiger charge is 2.30. The lowest BCUT2D eigenvalue weighted by atomic mass is 10.2. The van der Waals surface area contributed by atoms with Crippen molar-refractivity contribution in [2.45, 2.75) is 18.9 Å². The zero-order valence-corrected chi connectivity index (χ0v) is 10.3. The van der Waals surface area contributed by atoms with Gasteiger partial charge in [-0.05, 0) is 6.42 Å². The second-order valence-corrected chi connectivity index (χ2v) is 4.75. The van der Waals surface area contributed by atoms with Gasteiger partial charge in [0.2, 0.25) is 5.91 Å². The molecule has 1 unspecified atom stereocenters. The first-order valence-corrected chi connectivity index (χ1v) is 6.50. The summed E-state index contributed by atoms with van der Waals surface area (Å²) in [5, 5.41) is 0. The molecule has 92 valence electrons. The van der Waals surface area contributed by atoms with Crippen LogP contribution in [0.25, 0.3) is 0 Å². The molecule has 2 aliphatic rings. The van der Waals surface area contributed by atoms with Crippen molar-refractivity contribution in [3.8, 4) is 0 Å². The van der Waals surface area contributed by atoms with Crippen LogP contribution in [0.2, 0.25) is 0 Å². The highest BCUT2D eigenvalue weighted by molar-refractivity contribution is 6.18. The first kappa shape index (κ1) is 12.1. The number of likely N-dealkylation sites (tertiary alicyclic amines) is 1. The summed E-state index contributed by atoms with van der Waals surface area (Å²) in [7, 11) is 0. The molecule has 0 aromatic carbocycles. The summed E-state index contributed by atoms with van der Waals surface area (Å²) in [5.74, 6) is 0.628. The average molecular weight is 247 g/mol. The molecule has 0 aromatic rings. The molecule has 0 N–H and O–H groups in total. The van der Waals surface area contributed by atoms with E-state index < -0.39 is 0 Å². The third-order valence-corrected chi connectivity index (χ3v) is 3.58. The van der Waals surface area contributed by atoms with E-state index in [1.807, 2.05) is 4.90 Å². The molecule has 0 saturated carbocycles. The Balaban J connectivity index is 1.80. The number of amides is 1. The van der Waals surface area contributed by atoms with Crippen LogP contribution in [0, 0.1) is 0 Å². The molecular formula is C11H19ClN2O2. The van der Waals surface area contributed by atoms with Gasteiger partial charge in [0.05, 0.1) is 13.2 Å². The predicted octanol–water partition coefficient (Wildman–Crippen LogP) is 0.548. The van der Waals surface area contributed by atoms with E-state index in [-0.39, 0.29) is 5.91 Å². The minimum absolute atomic E-state index is 0.200. The van der Waals surface area contributed by atoms with Crippen molar-refractivity contribution in [2.24, 2.45) is 0 Å². The van der Waals surface area contributed by atoms with Gasteiger partial charge in [-0.3, -0.25) is 9.69 Å². The van der Waals surface area contributed by atoms with Gasteiger partial charge < -0.3 is 9.64 Å². The van der Waals surface area contributed by atoms with Crippen LogP contribution < -0.4 is 0 Å². The summed E-state index contributed by atoms with van der Waals surface area (Å²) in [6, 6.07) is 0.531. The second kappa shape index (κ2) is 5.84. The molecule has 2 heterocycles. The Labute approximate surface area is 101 Å². The van der Waals surface area contributed by atoms with Gasteiger partial charge in [0.25, 0.3) is 0 Å². The second-order valence-electron chi connectivity index (χ2n) is 4.37. The Kier molecular flexibility index (Phi) is 4.44. The smallest absolute Gasteiger partial charge is 0.223 e. The van der Waals surface area contributed by atoms with E-state index in [1.165, 1.54) is 0 Å². The first-order valence-electron chi connectivity index (χ1n) is 5.97. The Hall–Kier alpha value is -0.320. The Morgan fingerprint density at radius 3 is 2.75 bits per heavy atom. The van der Waals surface area contributed by atoms with Crippen molar-refractivity contribution >= 4 is 17.5 Å². The van der Waals surface area contributed by atoms with Gasteiger partial charge in [-0.1, -0.05) is 0 Å². The highest BCUT2D eigenvalue weighted by Crippen LogP contribution is 2.17. The topological polar surface area (TPSA) is 32.8 Å². The maximum atomic E-state index is 11.7. The van der Waals surface area contributed by atoms with Gasteiger partial charge >= 0.3 is 0 Å². The van der Waals surface area contributed by atoms with E-state index in [0.717, 1.165) is 45.8 Å². The SMILES string of the molecule is O=C(CCCl)N1CCC(N2CCOCC2)C1. The number of halogens is 1. The van der Waals surface area contributed by atoms with E-state index >= 15 is 0 Å². The molecule has 2 aliphatic heterocycles. The molecule has 0 radical (unpaired) electrons. The Morgan fingerprint density at radius 2 is 2.06 bits per heavy atom. The number of nitrogens with zero attached hydrogens (tertiary/aromatic N) is 2. The normalized spacial score (nSPS) is 27.3. The van der Waals surface area contributed by atoms with Crippen molar-refractivity contribution in [2.75, 3.05) is 45.3 Å². The summed E-state index contributed by atoms with van der Waals surface area (Å²) in [6.07, 6.45) is 1.56. The zero-order valence-electron chi connectivity index (χ0n) is 9.53. The predicted molar refractivity (Wildman–Crippen MR) is 62.7 cm³/mol. The van der Waals surface area contributed by atoms with E-state index in [4.69, 9.17) is 16.3 Å². The van der Waals surface area contributed by atoms with Gasteiger partial charge in [0, 0.05) is 44.5 Å². The van der Waals surface area contributed by atoms with Gasteiger partial charge in [-0.25, -0.2) is 0 Å². The van der Waals surface area contributed by atoms with Gasteiger partial charge in [0.15, 0.2) is 0 Å². The van der Waals surface area contributed by atoms with E-state index in [2.05, 4.69) is 4.90 Å². The number of carbonyl (C=O) groups is 1. The lowest BCUT2D eigenvalue weighted by Crippen LogP contribution is -2.45. The summed E-state index contributed by atoms with van der Waals surface area (Å²) in [6.45, 7) is 5.41. The average Bonchev–Trinajstić information content (AvgIpc) is 2.80. The minimum Gasteiger partial charge on any atom is -0.379 e. The quantitative estimate of drug-likeness (QED) is 0.682. The molecule has 1 amide bonds. The van der Waals surface area contributed by atoms with Crippen LogP contribution in [0.4, 0.5) is 0 Å². The standard InChI is InChI=1S/C11H19ClN2O2/c12-3-1-11(15)14-4-2-10(9-14)13-5-7-16-8-6-13/h10H,1-9H2. The molecule has 2 saturated heterocycles. The van der Waals surface area contributed by atoms with Crippen LogP contribution in [0.15, 0.2) is 0 Å². The molecule has 2 rings (SSSR count). The number of alkyl halides is 1. The third kappa shape index (κ3) is 2.87. The number of ether oxygens (including phenoxy) is 1. The number of morpholine rings is 1. The van der Waals surface area contributed by atoms with Crippen LogP contribution in [0.5, 0.6) is 0 Å². The van der Waals surface area contributed by atoms with Crippen molar-refractivity contribution in [1.82, 2.24) is 9.80 Å². The number of hydrogen-bond donors (Lipinski definition) is 0. The van der Waals surface area contributed by atoms with E-state index in [0.29, 0.717) is 18.3 Å². The van der Waals surface area contributed by atoms with Crippen LogP contribution >= 0.6 is 11.6 Å². The molecule has 16 heavy (non-hydrogen) atoms. The van der Waals surface area contributed by atoms with Crippen LogP contribution in [-0.4, -0.2) is 67.0 Å². The lowest BCUT2D eigenvalue weighted by Gasteiger charge is -2.32. The monoisotopic (exact) mass is 246 g/mol. The lowest BCUT2D eigenvalue weighted by molar-refractivity contribution is -0.129. The van der Waals surface area contributed by atoms with Crippen molar-refractivity contribution in [3.63, 3.8) is 0 Å². The van der Waals surface area contributed by atoms with Gasteiger partial charge in [-0.15, -0.1) is 11.6 Å². The fraction of sp³-hybridized carbons (Fsp3) is 0.909. The molecule has 1 atom stereocenters. The largest absolute Gasteiger partial charge is 0.379 e. The van der Waals surface area contributed by atoms with Crippen molar-refractivity contribution < 1.29 is 9.53 Å². The fourth-order valence-corrected chi connectivity index (χ4v) is 2.61. The first-order chi connectivity index (χ1) is 7.81. The van der Waals surface area contributed by atoms with Gasteiger partial charge in [-0.2, -0.15) is 0 Å². The molecular weight excluding hydrogens is 228 g/mol. The van der Waals surface area contributed by atoms with Crippen molar-refractivity contribution in [3.05, 3.63) is 0 Å². The maximum absolute atomic E-state index is 11.7. The molecule has 2 fully saturated rings. The molecule has 0 aliphatic carbocycles. The molecule has 0 bridgehead atoms. The highest BCUT2D eigenvalue weighted by atomic mass is 35.5. The van der Waals surface area contributed by atoms with E-state index in [1.54, 1.807) is 0 Å². The van der Waals surface area contributed by atoms with E-state index in [9.17, 15) is 4.79 Å². The summed E-state index contributed by atoms with van der Waals surface area (Å²) in [5.41, 5.74) is 0. The Morgan fingerprint density at radius 1 is 1.31 bits per heavy atom. The zero-order chi connectivity index (χ0) is 11.4. The van der Waals surface area contributed by atoms with Crippen LogP contribution in [-0.2, 0) is 9.53 Å². The summed E-state index contributed by atoms with van der Waals surface area (Å²) < 4.78 is 5.33. The number of carbonyl (C=O) groups excluding carboxylic acids is 1. The van der Waals surface area contributed by atoms with Crippen LogP contribution in [0.3, 0.4) is 0 Å². The van der Waals surface area contributed by atoms with Crippen LogP contribution in [0.1, 0.15) is 12.8 Å². The Bertz CT molecular complexity index is 244. The number of rotatable bonds is 3. The minimum atomic E-state index is 0.200. The fourth-order valence-electron chi connectivity index (χ4n) is 2.45. The summed E-state index contributed by atoms with van der Waals surface area (Å²) in [4.78, 5) is 16.1. The maximum Gasteiger partial charge on any atom is 0.223 e. The van der Waals surface area contributed by atoms with Gasteiger partial charge in [0.1, 0.15) is 0 Å². The molecule has 0 aromatic heterocycles.